The number of nitrogens with one attached hydrogen (secondary N) is 1. The van der Waals surface area contributed by atoms with Crippen molar-refractivity contribution in [2.24, 2.45) is 10.7 Å². The molecule has 2 rings (SSSR count). The maximum Gasteiger partial charge on any atom is 0.0461 e. The van der Waals surface area contributed by atoms with E-state index in [1.165, 1.54) is 11.3 Å². The third-order valence-corrected chi connectivity index (χ3v) is 2.69. The van der Waals surface area contributed by atoms with Crippen molar-refractivity contribution in [3.05, 3.63) is 35.3 Å². The molecule has 0 aromatic carbocycles. The predicted octanol–water partition coefficient (Wildman–Crippen LogP) is 0.727. The van der Waals surface area contributed by atoms with Crippen molar-refractivity contribution in [3.8, 4) is 0 Å². The number of pyridine rings is 1. The molecule has 0 saturated carbocycles. The summed E-state index contributed by atoms with van der Waals surface area (Å²) in [5.74, 6) is 0. The van der Waals surface area contributed by atoms with E-state index in [9.17, 15) is 0 Å². The molecule has 0 aliphatic carbocycles. The van der Waals surface area contributed by atoms with Crippen molar-refractivity contribution in [2.45, 2.75) is 13.0 Å². The molecule has 1 aromatic rings. The highest BCUT2D eigenvalue weighted by atomic mass is 14.9. The summed E-state index contributed by atoms with van der Waals surface area (Å²) in [6.07, 6.45) is 6.18. The standard InChI is InChI=1S/C12H16N4/c1-14-6-11(5-13)9-4-10-7-15-3-2-12(10)16-8-9/h4-6,8,15H,2-3,7,13H2,1H3/b11-5+,14-6?. The van der Waals surface area contributed by atoms with Gasteiger partial charge in [-0.15, -0.1) is 0 Å². The molecule has 1 aromatic heterocycles. The molecule has 0 amide bonds. The molecule has 4 heteroatoms. The molecule has 1 aliphatic heterocycles. The van der Waals surface area contributed by atoms with Gasteiger partial charge in [-0.05, 0) is 11.6 Å². The van der Waals surface area contributed by atoms with E-state index in [1.54, 1.807) is 19.5 Å². The van der Waals surface area contributed by atoms with Crippen molar-refractivity contribution < 1.29 is 0 Å². The number of nitrogens with two attached hydrogens (primary N) is 1. The van der Waals surface area contributed by atoms with Crippen molar-refractivity contribution in [1.29, 1.82) is 0 Å². The number of allylic oxidation sites excluding steroid dienone is 1. The van der Waals surface area contributed by atoms with E-state index in [2.05, 4.69) is 21.4 Å². The Hall–Kier alpha value is -1.68. The van der Waals surface area contributed by atoms with E-state index in [1.807, 2.05) is 6.20 Å². The fourth-order valence-corrected chi connectivity index (χ4v) is 1.86. The van der Waals surface area contributed by atoms with E-state index in [4.69, 9.17) is 5.73 Å². The minimum absolute atomic E-state index is 0.886. The van der Waals surface area contributed by atoms with Gasteiger partial charge in [0.1, 0.15) is 0 Å². The van der Waals surface area contributed by atoms with Crippen LogP contribution in [0.1, 0.15) is 16.8 Å². The van der Waals surface area contributed by atoms with E-state index in [0.717, 1.165) is 30.6 Å². The zero-order valence-corrected chi connectivity index (χ0v) is 9.40. The zero-order valence-electron chi connectivity index (χ0n) is 9.40. The summed E-state index contributed by atoms with van der Waals surface area (Å²) in [4.78, 5) is 8.45. The fourth-order valence-electron chi connectivity index (χ4n) is 1.86. The lowest BCUT2D eigenvalue weighted by molar-refractivity contribution is 0.630. The Bertz CT molecular complexity index is 435. The summed E-state index contributed by atoms with van der Waals surface area (Å²) in [5, 5.41) is 3.33. The number of aromatic nitrogens is 1. The molecule has 0 spiro atoms. The third kappa shape index (κ3) is 2.12. The van der Waals surface area contributed by atoms with E-state index < -0.39 is 0 Å². The summed E-state index contributed by atoms with van der Waals surface area (Å²) < 4.78 is 0. The molecule has 0 radical (unpaired) electrons. The maximum atomic E-state index is 5.57. The first-order valence-electron chi connectivity index (χ1n) is 5.38. The van der Waals surface area contributed by atoms with E-state index in [0.29, 0.717) is 0 Å². The largest absolute Gasteiger partial charge is 0.404 e. The van der Waals surface area contributed by atoms with Gasteiger partial charge >= 0.3 is 0 Å². The number of nitrogens with zero attached hydrogens (tertiary/aromatic N) is 2. The summed E-state index contributed by atoms with van der Waals surface area (Å²) in [6, 6.07) is 2.13. The van der Waals surface area contributed by atoms with Crippen LogP contribution in [-0.2, 0) is 13.0 Å². The third-order valence-electron chi connectivity index (χ3n) is 2.69. The smallest absolute Gasteiger partial charge is 0.0461 e. The van der Waals surface area contributed by atoms with Crippen LogP contribution >= 0.6 is 0 Å². The Morgan fingerprint density at radius 3 is 3.25 bits per heavy atom. The molecule has 0 bridgehead atoms. The van der Waals surface area contributed by atoms with Crippen LogP contribution in [0.3, 0.4) is 0 Å². The van der Waals surface area contributed by atoms with Crippen LogP contribution in [0, 0.1) is 0 Å². The zero-order chi connectivity index (χ0) is 11.4. The Morgan fingerprint density at radius 1 is 1.62 bits per heavy atom. The van der Waals surface area contributed by atoms with Crippen LogP contribution in [0.15, 0.2) is 23.5 Å². The number of fused-ring (bicyclic) bond motifs is 1. The van der Waals surface area contributed by atoms with Gasteiger partial charge in [0.25, 0.3) is 0 Å². The average molecular weight is 216 g/mol. The normalized spacial score (nSPS) is 16.4. The second kappa shape index (κ2) is 4.90. The van der Waals surface area contributed by atoms with Gasteiger partial charge in [-0.3, -0.25) is 9.98 Å². The van der Waals surface area contributed by atoms with Gasteiger partial charge in [-0.1, -0.05) is 0 Å². The van der Waals surface area contributed by atoms with E-state index in [-0.39, 0.29) is 0 Å². The molecular formula is C12H16N4. The predicted molar refractivity (Wildman–Crippen MR) is 66.2 cm³/mol. The van der Waals surface area contributed by atoms with Crippen LogP contribution in [0.4, 0.5) is 0 Å². The van der Waals surface area contributed by atoms with Crippen molar-refractivity contribution in [3.63, 3.8) is 0 Å². The van der Waals surface area contributed by atoms with Gasteiger partial charge in [-0.2, -0.15) is 0 Å². The van der Waals surface area contributed by atoms with Crippen LogP contribution < -0.4 is 11.1 Å². The minimum Gasteiger partial charge on any atom is -0.404 e. The van der Waals surface area contributed by atoms with Gasteiger partial charge in [0.05, 0.1) is 0 Å². The Kier molecular flexibility index (Phi) is 3.31. The monoisotopic (exact) mass is 216 g/mol. The number of hydrogen-bond acceptors (Lipinski definition) is 4. The van der Waals surface area contributed by atoms with Crippen molar-refractivity contribution >= 4 is 11.8 Å². The molecule has 1 aliphatic rings. The highest BCUT2D eigenvalue weighted by Crippen LogP contribution is 2.17. The SMILES string of the molecule is CN=C/C(=C\N)c1cnc2c(c1)CNCC2. The second-order valence-electron chi connectivity index (χ2n) is 3.77. The van der Waals surface area contributed by atoms with Crippen LogP contribution in [-0.4, -0.2) is 24.8 Å². The number of hydrogen-bond donors (Lipinski definition) is 2. The molecule has 0 unspecified atom stereocenters. The first-order valence-corrected chi connectivity index (χ1v) is 5.38. The molecule has 3 N–H and O–H groups in total. The second-order valence-corrected chi connectivity index (χ2v) is 3.77. The van der Waals surface area contributed by atoms with Crippen LogP contribution in [0.5, 0.6) is 0 Å². The Labute approximate surface area is 95.3 Å². The average Bonchev–Trinajstić information content (AvgIpc) is 2.35. The Balaban J connectivity index is 2.36. The first kappa shape index (κ1) is 10.8. The molecule has 0 atom stereocenters. The molecular weight excluding hydrogens is 200 g/mol. The van der Waals surface area contributed by atoms with Gasteiger partial charge in [0.2, 0.25) is 0 Å². The van der Waals surface area contributed by atoms with Crippen LogP contribution in [0.2, 0.25) is 0 Å². The molecule has 2 heterocycles. The highest BCUT2D eigenvalue weighted by Gasteiger charge is 2.11. The number of rotatable bonds is 2. The maximum absolute atomic E-state index is 5.57. The topological polar surface area (TPSA) is 63.3 Å². The van der Waals surface area contributed by atoms with Gasteiger partial charge in [0, 0.05) is 62.0 Å². The number of aliphatic imine (C=N–C) groups is 1. The highest BCUT2D eigenvalue weighted by molar-refractivity contribution is 6.09. The van der Waals surface area contributed by atoms with E-state index >= 15 is 0 Å². The van der Waals surface area contributed by atoms with Gasteiger partial charge < -0.3 is 11.1 Å². The lowest BCUT2D eigenvalue weighted by atomic mass is 10.0. The summed E-state index contributed by atoms with van der Waals surface area (Å²) in [5.41, 5.74) is 9.94. The minimum atomic E-state index is 0.886. The molecule has 84 valence electrons. The quantitative estimate of drug-likeness (QED) is 0.716. The summed E-state index contributed by atoms with van der Waals surface area (Å²) in [7, 11) is 1.73. The summed E-state index contributed by atoms with van der Waals surface area (Å²) in [6.45, 7) is 1.90. The first-order chi connectivity index (χ1) is 7.85. The molecule has 0 fully saturated rings. The molecule has 4 nitrogen and oxygen atoms in total. The van der Waals surface area contributed by atoms with Gasteiger partial charge in [-0.25, -0.2) is 0 Å². The fraction of sp³-hybridized carbons (Fsp3) is 0.333. The van der Waals surface area contributed by atoms with Gasteiger partial charge in [0.15, 0.2) is 0 Å². The molecule has 0 saturated heterocycles. The summed E-state index contributed by atoms with van der Waals surface area (Å²) >= 11 is 0. The van der Waals surface area contributed by atoms with Crippen molar-refractivity contribution in [1.82, 2.24) is 10.3 Å². The van der Waals surface area contributed by atoms with Crippen LogP contribution in [0.25, 0.3) is 5.57 Å². The Morgan fingerprint density at radius 2 is 2.50 bits per heavy atom. The lowest BCUT2D eigenvalue weighted by Gasteiger charge is -2.16. The lowest BCUT2D eigenvalue weighted by Crippen LogP contribution is -2.24. The molecule has 16 heavy (non-hydrogen) atoms. The van der Waals surface area contributed by atoms with Crippen molar-refractivity contribution in [2.75, 3.05) is 13.6 Å².